The predicted octanol–water partition coefficient (Wildman–Crippen LogP) is 2.68. The summed E-state index contributed by atoms with van der Waals surface area (Å²) < 4.78 is 6.07. The van der Waals surface area contributed by atoms with Gasteiger partial charge in [-0.1, -0.05) is 40.9 Å². The summed E-state index contributed by atoms with van der Waals surface area (Å²) in [4.78, 5) is 15.2. The molecular weight excluding hydrogens is 457 g/mol. The molecule has 1 aliphatic heterocycles. The highest BCUT2D eigenvalue weighted by molar-refractivity contribution is 6.42. The summed E-state index contributed by atoms with van der Waals surface area (Å²) in [5.41, 5.74) is 10.3. The number of hydrogen-bond donors (Lipinski definition) is 2. The van der Waals surface area contributed by atoms with Crippen molar-refractivity contribution in [1.29, 1.82) is 0 Å². The van der Waals surface area contributed by atoms with Crippen molar-refractivity contribution < 1.29 is 9.42 Å². The number of rotatable bonds is 6. The van der Waals surface area contributed by atoms with E-state index in [9.17, 15) is 4.79 Å². The van der Waals surface area contributed by atoms with Gasteiger partial charge in [-0.3, -0.25) is 9.69 Å². The van der Waals surface area contributed by atoms with Crippen molar-refractivity contribution in [3.8, 4) is 5.82 Å². The van der Waals surface area contributed by atoms with Crippen molar-refractivity contribution in [2.45, 2.75) is 32.7 Å². The molecule has 3 heterocycles. The van der Waals surface area contributed by atoms with Gasteiger partial charge in [0, 0.05) is 6.54 Å². The van der Waals surface area contributed by atoms with E-state index in [1.165, 1.54) is 11.1 Å². The number of nitrogen functional groups attached to an aromatic ring is 1. The van der Waals surface area contributed by atoms with Crippen molar-refractivity contribution in [1.82, 2.24) is 35.6 Å². The number of hydrazone groups is 1. The third-order valence-corrected chi connectivity index (χ3v) is 5.90. The number of nitrogens with two attached hydrogens (primary N) is 1. The van der Waals surface area contributed by atoms with Gasteiger partial charge in [0.05, 0.1) is 21.5 Å². The summed E-state index contributed by atoms with van der Waals surface area (Å²) in [7, 11) is 0. The lowest BCUT2D eigenvalue weighted by Crippen LogP contribution is -2.31. The standard InChI is InChI=1S/C19H21Cl2N9O2/c1-11(12-5-6-13(20)14(21)9-12)23-25-19(31)16-15(10-29-7-3-2-4-8-29)30(28-24-16)18-17(22)26-32-27-18/h5-6,9H,2-4,7-8,10H2,1H3,(H2,22,26)(H,25,31)/b23-11-. The minimum Gasteiger partial charge on any atom is -0.378 e. The number of nitrogens with one attached hydrogen (secondary N) is 1. The Kier molecular flexibility index (Phi) is 6.68. The molecule has 1 amide bonds. The first-order chi connectivity index (χ1) is 15.4. The van der Waals surface area contributed by atoms with Gasteiger partial charge >= 0.3 is 0 Å². The van der Waals surface area contributed by atoms with Crippen LogP contribution in [-0.4, -0.2) is 54.9 Å². The molecule has 2 aromatic heterocycles. The van der Waals surface area contributed by atoms with E-state index in [1.54, 1.807) is 25.1 Å². The highest BCUT2D eigenvalue weighted by atomic mass is 35.5. The quantitative estimate of drug-likeness (QED) is 0.407. The lowest BCUT2D eigenvalue weighted by atomic mass is 10.1. The second-order valence-corrected chi connectivity index (χ2v) is 8.19. The van der Waals surface area contributed by atoms with Crippen LogP contribution in [-0.2, 0) is 6.54 Å². The number of halogens is 2. The molecule has 0 radical (unpaired) electrons. The van der Waals surface area contributed by atoms with E-state index in [2.05, 4.69) is 36.1 Å². The fraction of sp³-hybridized carbons (Fsp3) is 0.368. The molecule has 3 aromatic rings. The van der Waals surface area contributed by atoms with Crippen LogP contribution in [0.15, 0.2) is 27.9 Å². The average Bonchev–Trinajstić information content (AvgIpc) is 3.40. The van der Waals surface area contributed by atoms with Crippen LogP contribution in [0, 0.1) is 0 Å². The van der Waals surface area contributed by atoms with Crippen LogP contribution in [0.25, 0.3) is 5.82 Å². The molecule has 11 nitrogen and oxygen atoms in total. The van der Waals surface area contributed by atoms with Crippen molar-refractivity contribution in [2.24, 2.45) is 5.10 Å². The first-order valence-electron chi connectivity index (χ1n) is 9.99. The van der Waals surface area contributed by atoms with E-state index < -0.39 is 5.91 Å². The molecule has 3 N–H and O–H groups in total. The second-order valence-electron chi connectivity index (χ2n) is 7.37. The smallest absolute Gasteiger partial charge is 0.293 e. The van der Waals surface area contributed by atoms with Gasteiger partial charge in [-0.05, 0) is 60.9 Å². The number of nitrogens with zero attached hydrogens (tertiary/aromatic N) is 7. The number of hydrogen-bond acceptors (Lipinski definition) is 9. The van der Waals surface area contributed by atoms with Gasteiger partial charge in [0.15, 0.2) is 5.69 Å². The molecule has 1 saturated heterocycles. The van der Waals surface area contributed by atoms with E-state index in [0.29, 0.717) is 28.0 Å². The lowest BCUT2D eigenvalue weighted by Gasteiger charge is -2.26. The molecule has 0 saturated carbocycles. The van der Waals surface area contributed by atoms with Gasteiger partial charge < -0.3 is 5.73 Å². The van der Waals surface area contributed by atoms with Crippen LogP contribution in [0.3, 0.4) is 0 Å². The maximum Gasteiger partial charge on any atom is 0.293 e. The summed E-state index contributed by atoms with van der Waals surface area (Å²) in [6.07, 6.45) is 3.36. The first kappa shape index (κ1) is 22.2. The van der Waals surface area contributed by atoms with Gasteiger partial charge in [0.2, 0.25) is 11.6 Å². The Balaban J connectivity index is 1.60. The molecular formula is C19H21Cl2N9O2. The molecule has 32 heavy (non-hydrogen) atoms. The highest BCUT2D eigenvalue weighted by Crippen LogP contribution is 2.23. The molecule has 0 bridgehead atoms. The zero-order chi connectivity index (χ0) is 22.7. The van der Waals surface area contributed by atoms with Crippen LogP contribution in [0.5, 0.6) is 0 Å². The van der Waals surface area contributed by atoms with Crippen molar-refractivity contribution in [3.63, 3.8) is 0 Å². The van der Waals surface area contributed by atoms with Crippen molar-refractivity contribution in [3.05, 3.63) is 45.2 Å². The predicted molar refractivity (Wildman–Crippen MR) is 119 cm³/mol. The van der Waals surface area contributed by atoms with E-state index >= 15 is 0 Å². The van der Waals surface area contributed by atoms with Crippen LogP contribution >= 0.6 is 23.2 Å². The summed E-state index contributed by atoms with van der Waals surface area (Å²) in [5.74, 6) is -0.285. The second kappa shape index (κ2) is 9.63. The van der Waals surface area contributed by atoms with E-state index in [0.717, 1.165) is 31.5 Å². The maximum atomic E-state index is 12.9. The highest BCUT2D eigenvalue weighted by Gasteiger charge is 2.26. The minimum atomic E-state index is -0.516. The topological polar surface area (TPSA) is 140 Å². The Labute approximate surface area is 193 Å². The zero-order valence-electron chi connectivity index (χ0n) is 17.3. The molecule has 0 aliphatic carbocycles. The molecule has 0 unspecified atom stereocenters. The SMILES string of the molecule is C/C(=N/NC(=O)c1nnn(-c2nonc2N)c1CN1CCCCC1)c1ccc(Cl)c(Cl)c1. The zero-order valence-corrected chi connectivity index (χ0v) is 18.8. The van der Waals surface area contributed by atoms with Crippen molar-refractivity contribution in [2.75, 3.05) is 18.8 Å². The number of carbonyl (C=O) groups excluding carboxylic acids is 1. The number of amides is 1. The Morgan fingerprint density at radius 1 is 1.22 bits per heavy atom. The molecule has 13 heteroatoms. The number of likely N-dealkylation sites (tertiary alicyclic amines) is 1. The van der Waals surface area contributed by atoms with Gasteiger partial charge in [0.1, 0.15) is 0 Å². The Morgan fingerprint density at radius 2 is 2.00 bits per heavy atom. The fourth-order valence-corrected chi connectivity index (χ4v) is 3.73. The average molecular weight is 478 g/mol. The third-order valence-electron chi connectivity index (χ3n) is 5.16. The van der Waals surface area contributed by atoms with E-state index in [1.807, 2.05) is 0 Å². The summed E-state index contributed by atoms with van der Waals surface area (Å²) >= 11 is 12.0. The monoisotopic (exact) mass is 477 g/mol. The number of piperidine rings is 1. The molecule has 168 valence electrons. The van der Waals surface area contributed by atoms with Crippen LogP contribution in [0.4, 0.5) is 5.82 Å². The van der Waals surface area contributed by atoms with E-state index in [4.69, 9.17) is 33.6 Å². The number of benzene rings is 1. The molecule has 0 spiro atoms. The Bertz CT molecular complexity index is 1150. The number of anilines is 1. The van der Waals surface area contributed by atoms with Crippen LogP contribution in [0.1, 0.15) is 47.9 Å². The largest absolute Gasteiger partial charge is 0.378 e. The Hall–Kier alpha value is -3.02. The maximum absolute atomic E-state index is 12.9. The van der Waals surface area contributed by atoms with Gasteiger partial charge in [-0.15, -0.1) is 5.10 Å². The number of aromatic nitrogens is 5. The van der Waals surface area contributed by atoms with Gasteiger partial charge in [0.25, 0.3) is 5.91 Å². The molecule has 0 atom stereocenters. The summed E-state index contributed by atoms with van der Waals surface area (Å²) in [5, 5.41) is 20.5. The number of carbonyl (C=O) groups is 1. The lowest BCUT2D eigenvalue weighted by molar-refractivity contribution is 0.0947. The summed E-state index contributed by atoms with van der Waals surface area (Å²) in [6.45, 7) is 4.01. The van der Waals surface area contributed by atoms with Crippen molar-refractivity contribution >= 4 is 40.6 Å². The molecule has 1 fully saturated rings. The van der Waals surface area contributed by atoms with Crippen LogP contribution < -0.4 is 11.2 Å². The molecule has 1 aromatic carbocycles. The summed E-state index contributed by atoms with van der Waals surface area (Å²) in [6, 6.07) is 5.10. The Morgan fingerprint density at radius 3 is 2.69 bits per heavy atom. The van der Waals surface area contributed by atoms with E-state index in [-0.39, 0.29) is 17.3 Å². The van der Waals surface area contributed by atoms with Gasteiger partial charge in [-0.2, -0.15) is 9.78 Å². The fourth-order valence-electron chi connectivity index (χ4n) is 3.43. The van der Waals surface area contributed by atoms with Gasteiger partial charge in [-0.25, -0.2) is 10.1 Å². The molecule has 4 rings (SSSR count). The first-order valence-corrected chi connectivity index (χ1v) is 10.7. The normalized spacial score (nSPS) is 15.2. The van der Waals surface area contributed by atoms with Crippen LogP contribution in [0.2, 0.25) is 10.0 Å². The third kappa shape index (κ3) is 4.74. The molecule has 1 aliphatic rings. The minimum absolute atomic E-state index is 0.0511.